The number of nitrogens with two attached hydrogens (primary N) is 1. The summed E-state index contributed by atoms with van der Waals surface area (Å²) in [6, 6.07) is 13.6. The van der Waals surface area contributed by atoms with Crippen molar-refractivity contribution >= 4 is 26.8 Å². The maximum absolute atomic E-state index is 12.4. The van der Waals surface area contributed by atoms with E-state index in [-0.39, 0.29) is 10.8 Å². The van der Waals surface area contributed by atoms with Gasteiger partial charge in [0.05, 0.1) is 4.90 Å². The number of nitrogens with zero attached hydrogens (tertiary/aromatic N) is 1. The van der Waals surface area contributed by atoms with Gasteiger partial charge in [-0.05, 0) is 35.9 Å². The number of nitrogens with one attached hydrogen (secondary N) is 1. The SMILES string of the molecule is Cn1ccc2c(C(=O)NCc3ccc(S(N)(=O)=O)cc3)cccc21. The second-order valence-corrected chi connectivity index (χ2v) is 7.10. The van der Waals surface area contributed by atoms with Crippen LogP contribution < -0.4 is 10.5 Å². The van der Waals surface area contributed by atoms with E-state index in [2.05, 4.69) is 5.32 Å². The minimum absolute atomic E-state index is 0.0478. The van der Waals surface area contributed by atoms with Crippen molar-refractivity contribution in [2.24, 2.45) is 12.2 Å². The van der Waals surface area contributed by atoms with Crippen LogP contribution in [0, 0.1) is 0 Å². The molecule has 1 heterocycles. The first kappa shape index (κ1) is 16.2. The highest BCUT2D eigenvalue weighted by Gasteiger charge is 2.12. The molecule has 0 aliphatic carbocycles. The van der Waals surface area contributed by atoms with Crippen molar-refractivity contribution in [3.63, 3.8) is 0 Å². The molecule has 7 heteroatoms. The minimum atomic E-state index is -3.71. The number of hydrogen-bond acceptors (Lipinski definition) is 3. The molecule has 124 valence electrons. The Bertz CT molecular complexity index is 1010. The number of amides is 1. The summed E-state index contributed by atoms with van der Waals surface area (Å²) in [6.45, 7) is 0.299. The van der Waals surface area contributed by atoms with Crippen molar-refractivity contribution in [2.45, 2.75) is 11.4 Å². The van der Waals surface area contributed by atoms with E-state index in [1.807, 2.05) is 36.0 Å². The Morgan fingerprint density at radius 2 is 1.83 bits per heavy atom. The first-order valence-electron chi connectivity index (χ1n) is 7.30. The largest absolute Gasteiger partial charge is 0.351 e. The molecule has 0 spiro atoms. The fourth-order valence-corrected chi connectivity index (χ4v) is 3.09. The Labute approximate surface area is 139 Å². The Kier molecular flexibility index (Phi) is 4.13. The topological polar surface area (TPSA) is 94.2 Å². The van der Waals surface area contributed by atoms with Crippen LogP contribution in [0.4, 0.5) is 0 Å². The lowest BCUT2D eigenvalue weighted by atomic mass is 10.1. The second-order valence-electron chi connectivity index (χ2n) is 5.54. The molecule has 1 amide bonds. The summed E-state index contributed by atoms with van der Waals surface area (Å²) in [7, 11) is -1.78. The van der Waals surface area contributed by atoms with Crippen LogP contribution in [0.25, 0.3) is 10.9 Å². The number of aromatic nitrogens is 1. The normalized spacial score (nSPS) is 11.6. The molecule has 0 saturated carbocycles. The van der Waals surface area contributed by atoms with Crippen molar-refractivity contribution in [1.82, 2.24) is 9.88 Å². The van der Waals surface area contributed by atoms with Gasteiger partial charge in [-0.15, -0.1) is 0 Å². The molecular formula is C17H17N3O3S. The summed E-state index contributed by atoms with van der Waals surface area (Å²) >= 11 is 0. The van der Waals surface area contributed by atoms with E-state index < -0.39 is 10.0 Å². The average Bonchev–Trinajstić information content (AvgIpc) is 2.94. The summed E-state index contributed by atoms with van der Waals surface area (Å²) < 4.78 is 24.4. The number of fused-ring (bicyclic) bond motifs is 1. The highest BCUT2D eigenvalue weighted by atomic mass is 32.2. The van der Waals surface area contributed by atoms with Gasteiger partial charge in [0, 0.05) is 36.3 Å². The monoisotopic (exact) mass is 343 g/mol. The van der Waals surface area contributed by atoms with Crippen LogP contribution >= 0.6 is 0 Å². The highest BCUT2D eigenvalue weighted by Crippen LogP contribution is 2.19. The molecule has 3 N–H and O–H groups in total. The van der Waals surface area contributed by atoms with Gasteiger partial charge < -0.3 is 9.88 Å². The Hall–Kier alpha value is -2.64. The number of benzene rings is 2. The second kappa shape index (κ2) is 6.10. The van der Waals surface area contributed by atoms with Gasteiger partial charge in [0.25, 0.3) is 5.91 Å². The Morgan fingerprint density at radius 3 is 2.50 bits per heavy atom. The van der Waals surface area contributed by atoms with Gasteiger partial charge >= 0.3 is 0 Å². The van der Waals surface area contributed by atoms with Gasteiger partial charge in [-0.1, -0.05) is 18.2 Å². The molecule has 3 aromatic rings. The zero-order valence-electron chi connectivity index (χ0n) is 13.1. The van der Waals surface area contributed by atoms with Gasteiger partial charge in [-0.3, -0.25) is 4.79 Å². The van der Waals surface area contributed by atoms with E-state index in [0.29, 0.717) is 12.1 Å². The van der Waals surface area contributed by atoms with Gasteiger partial charge in [-0.25, -0.2) is 13.6 Å². The number of primary sulfonamides is 1. The maximum Gasteiger partial charge on any atom is 0.252 e. The predicted molar refractivity (Wildman–Crippen MR) is 91.9 cm³/mol. The standard InChI is InChI=1S/C17H17N3O3S/c1-20-10-9-14-15(3-2-4-16(14)20)17(21)19-11-12-5-7-13(8-6-12)24(18,22)23/h2-10H,11H2,1H3,(H,19,21)(H2,18,22,23). The lowest BCUT2D eigenvalue weighted by Gasteiger charge is -2.07. The van der Waals surface area contributed by atoms with Crippen molar-refractivity contribution in [3.8, 4) is 0 Å². The lowest BCUT2D eigenvalue weighted by Crippen LogP contribution is -2.23. The van der Waals surface area contributed by atoms with Gasteiger partial charge in [0.15, 0.2) is 0 Å². The quantitative estimate of drug-likeness (QED) is 0.756. The maximum atomic E-state index is 12.4. The van der Waals surface area contributed by atoms with E-state index in [4.69, 9.17) is 5.14 Å². The van der Waals surface area contributed by atoms with Crippen molar-refractivity contribution in [3.05, 3.63) is 65.9 Å². The number of aryl methyl sites for hydroxylation is 1. The average molecular weight is 343 g/mol. The molecule has 6 nitrogen and oxygen atoms in total. The van der Waals surface area contributed by atoms with E-state index >= 15 is 0 Å². The number of carbonyl (C=O) groups is 1. The van der Waals surface area contributed by atoms with Crippen LogP contribution in [0.2, 0.25) is 0 Å². The summed E-state index contributed by atoms with van der Waals surface area (Å²) in [4.78, 5) is 12.5. The molecule has 0 saturated heterocycles. The first-order chi connectivity index (χ1) is 11.4. The van der Waals surface area contributed by atoms with Gasteiger partial charge in [-0.2, -0.15) is 0 Å². The third-order valence-corrected chi connectivity index (χ3v) is 4.81. The van der Waals surface area contributed by atoms with Gasteiger partial charge in [0.2, 0.25) is 10.0 Å². The predicted octanol–water partition coefficient (Wildman–Crippen LogP) is 1.76. The van der Waals surface area contributed by atoms with Crippen molar-refractivity contribution in [1.29, 1.82) is 0 Å². The van der Waals surface area contributed by atoms with Crippen LogP contribution in [0.15, 0.2) is 59.6 Å². The summed E-state index contributed by atoms with van der Waals surface area (Å²) in [5, 5.41) is 8.80. The Morgan fingerprint density at radius 1 is 1.12 bits per heavy atom. The fraction of sp³-hybridized carbons (Fsp3) is 0.118. The number of rotatable bonds is 4. The minimum Gasteiger partial charge on any atom is -0.351 e. The zero-order chi connectivity index (χ0) is 17.3. The molecule has 3 rings (SSSR count). The molecule has 0 aliphatic rings. The van der Waals surface area contributed by atoms with Crippen LogP contribution in [-0.4, -0.2) is 18.9 Å². The number of carbonyl (C=O) groups excluding carboxylic acids is 1. The van der Waals surface area contributed by atoms with Crippen LogP contribution in [0.3, 0.4) is 0 Å². The summed E-state index contributed by atoms with van der Waals surface area (Å²) in [5.74, 6) is -0.178. The summed E-state index contributed by atoms with van der Waals surface area (Å²) in [6.07, 6.45) is 1.91. The van der Waals surface area contributed by atoms with Crippen LogP contribution in [0.5, 0.6) is 0 Å². The van der Waals surface area contributed by atoms with Crippen molar-refractivity contribution in [2.75, 3.05) is 0 Å². The van der Waals surface area contributed by atoms with E-state index in [1.165, 1.54) is 12.1 Å². The zero-order valence-corrected chi connectivity index (χ0v) is 13.9. The third kappa shape index (κ3) is 3.17. The smallest absolute Gasteiger partial charge is 0.252 e. The molecule has 0 fully saturated rings. The molecule has 24 heavy (non-hydrogen) atoms. The van der Waals surface area contributed by atoms with Gasteiger partial charge in [0.1, 0.15) is 0 Å². The first-order valence-corrected chi connectivity index (χ1v) is 8.85. The number of hydrogen-bond donors (Lipinski definition) is 2. The van der Waals surface area contributed by atoms with Crippen LogP contribution in [-0.2, 0) is 23.6 Å². The molecule has 0 unspecified atom stereocenters. The summed E-state index contributed by atoms with van der Waals surface area (Å²) in [5.41, 5.74) is 2.38. The lowest BCUT2D eigenvalue weighted by molar-refractivity contribution is 0.0952. The highest BCUT2D eigenvalue weighted by molar-refractivity contribution is 7.89. The van der Waals surface area contributed by atoms with E-state index in [9.17, 15) is 13.2 Å². The molecule has 1 aromatic heterocycles. The molecule has 2 aromatic carbocycles. The van der Waals surface area contributed by atoms with E-state index in [1.54, 1.807) is 18.2 Å². The molecule has 0 bridgehead atoms. The molecular weight excluding hydrogens is 326 g/mol. The Balaban J connectivity index is 1.75. The third-order valence-electron chi connectivity index (χ3n) is 3.88. The van der Waals surface area contributed by atoms with Crippen LogP contribution in [0.1, 0.15) is 15.9 Å². The molecule has 0 aliphatic heterocycles. The van der Waals surface area contributed by atoms with Crippen molar-refractivity contribution < 1.29 is 13.2 Å². The van der Waals surface area contributed by atoms with E-state index in [0.717, 1.165) is 16.5 Å². The molecule has 0 atom stereocenters. The number of sulfonamides is 1. The molecule has 0 radical (unpaired) electrons. The fourth-order valence-electron chi connectivity index (χ4n) is 2.57.